The van der Waals surface area contributed by atoms with E-state index in [0.29, 0.717) is 25.4 Å². The van der Waals surface area contributed by atoms with Crippen molar-refractivity contribution in [2.75, 3.05) is 46.4 Å². The SMILES string of the molecule is CCNC(=NCC(c1ccccc1OC)N1CCCC1)NCCNC(=O)c1ccco1. The van der Waals surface area contributed by atoms with Crippen molar-refractivity contribution in [2.24, 2.45) is 4.99 Å². The van der Waals surface area contributed by atoms with Gasteiger partial charge in [0.2, 0.25) is 0 Å². The summed E-state index contributed by atoms with van der Waals surface area (Å²) in [5, 5.41) is 9.40. The van der Waals surface area contributed by atoms with Crippen LogP contribution >= 0.6 is 0 Å². The van der Waals surface area contributed by atoms with Crippen LogP contribution in [0.15, 0.2) is 52.1 Å². The van der Waals surface area contributed by atoms with Gasteiger partial charge < -0.3 is 25.1 Å². The second kappa shape index (κ2) is 12.0. The Morgan fingerprint density at radius 1 is 1.13 bits per heavy atom. The van der Waals surface area contributed by atoms with Gasteiger partial charge in [-0.15, -0.1) is 0 Å². The lowest BCUT2D eigenvalue weighted by Gasteiger charge is -2.28. The van der Waals surface area contributed by atoms with Crippen molar-refractivity contribution in [3.63, 3.8) is 0 Å². The van der Waals surface area contributed by atoms with Crippen molar-refractivity contribution in [3.8, 4) is 5.75 Å². The maximum absolute atomic E-state index is 12.0. The average molecular weight is 428 g/mol. The Morgan fingerprint density at radius 3 is 2.61 bits per heavy atom. The van der Waals surface area contributed by atoms with E-state index in [1.54, 1.807) is 19.2 Å². The number of hydrogen-bond donors (Lipinski definition) is 3. The van der Waals surface area contributed by atoms with Crippen molar-refractivity contribution < 1.29 is 13.9 Å². The fourth-order valence-electron chi connectivity index (χ4n) is 3.78. The summed E-state index contributed by atoms with van der Waals surface area (Å²) >= 11 is 0. The zero-order chi connectivity index (χ0) is 21.9. The maximum Gasteiger partial charge on any atom is 0.287 e. The molecule has 0 saturated carbocycles. The molecule has 1 unspecified atom stereocenters. The molecule has 2 heterocycles. The molecule has 1 aliphatic heterocycles. The summed E-state index contributed by atoms with van der Waals surface area (Å²) < 4.78 is 10.7. The van der Waals surface area contributed by atoms with Gasteiger partial charge in [0.25, 0.3) is 5.91 Å². The molecule has 0 aliphatic carbocycles. The van der Waals surface area contributed by atoms with Crippen molar-refractivity contribution in [1.82, 2.24) is 20.9 Å². The summed E-state index contributed by atoms with van der Waals surface area (Å²) in [6.45, 7) is 6.57. The van der Waals surface area contributed by atoms with Crippen LogP contribution in [0.3, 0.4) is 0 Å². The summed E-state index contributed by atoms with van der Waals surface area (Å²) in [6, 6.07) is 11.7. The van der Waals surface area contributed by atoms with Crippen LogP contribution in [0.5, 0.6) is 5.75 Å². The van der Waals surface area contributed by atoms with E-state index in [2.05, 4.69) is 33.0 Å². The number of likely N-dealkylation sites (tertiary alicyclic amines) is 1. The van der Waals surface area contributed by atoms with E-state index in [4.69, 9.17) is 14.1 Å². The quantitative estimate of drug-likeness (QED) is 0.306. The standard InChI is InChI=1S/C23H33N5O3/c1-3-24-23(26-13-12-25-22(29)21-11-8-16-31-21)27-17-19(28-14-6-7-15-28)18-9-4-5-10-20(18)30-2/h4-5,8-11,16,19H,3,6-7,12-15,17H2,1-2H3,(H,25,29)(H2,24,26,27). The van der Waals surface area contributed by atoms with Gasteiger partial charge in [0.15, 0.2) is 11.7 Å². The summed E-state index contributed by atoms with van der Waals surface area (Å²) in [6.07, 6.45) is 3.91. The fraction of sp³-hybridized carbons (Fsp3) is 0.478. The highest BCUT2D eigenvalue weighted by atomic mass is 16.5. The number of carbonyl (C=O) groups excluding carboxylic acids is 1. The van der Waals surface area contributed by atoms with Gasteiger partial charge in [-0.05, 0) is 51.1 Å². The lowest BCUT2D eigenvalue weighted by atomic mass is 10.0. The molecule has 1 amide bonds. The van der Waals surface area contributed by atoms with E-state index >= 15 is 0 Å². The highest BCUT2D eigenvalue weighted by Crippen LogP contribution is 2.31. The Hall–Kier alpha value is -3.00. The Bertz CT molecular complexity index is 831. The smallest absolute Gasteiger partial charge is 0.287 e. The minimum Gasteiger partial charge on any atom is -0.496 e. The van der Waals surface area contributed by atoms with Gasteiger partial charge in [0, 0.05) is 25.2 Å². The van der Waals surface area contributed by atoms with E-state index in [9.17, 15) is 4.79 Å². The monoisotopic (exact) mass is 427 g/mol. The number of guanidine groups is 1. The first kappa shape index (κ1) is 22.7. The molecule has 31 heavy (non-hydrogen) atoms. The zero-order valence-electron chi connectivity index (χ0n) is 18.4. The predicted molar refractivity (Wildman–Crippen MR) is 122 cm³/mol. The normalized spacial score (nSPS) is 15.5. The highest BCUT2D eigenvalue weighted by molar-refractivity contribution is 5.91. The number of carbonyl (C=O) groups is 1. The number of methoxy groups -OCH3 is 1. The summed E-state index contributed by atoms with van der Waals surface area (Å²) in [4.78, 5) is 19.3. The average Bonchev–Trinajstić information content (AvgIpc) is 3.51. The molecule has 1 aromatic heterocycles. The lowest BCUT2D eigenvalue weighted by Crippen LogP contribution is -2.42. The van der Waals surface area contributed by atoms with E-state index < -0.39 is 0 Å². The molecular weight excluding hydrogens is 394 g/mol. The van der Waals surface area contributed by atoms with Crippen molar-refractivity contribution >= 4 is 11.9 Å². The third kappa shape index (κ3) is 6.49. The molecular formula is C23H33N5O3. The third-order valence-electron chi connectivity index (χ3n) is 5.29. The number of rotatable bonds is 10. The van der Waals surface area contributed by atoms with Gasteiger partial charge in [-0.3, -0.25) is 14.7 Å². The molecule has 3 N–H and O–H groups in total. The Balaban J connectivity index is 1.61. The Morgan fingerprint density at radius 2 is 1.90 bits per heavy atom. The first-order valence-electron chi connectivity index (χ1n) is 10.9. The van der Waals surface area contributed by atoms with E-state index in [0.717, 1.165) is 36.9 Å². The van der Waals surface area contributed by atoms with Crippen LogP contribution in [0.2, 0.25) is 0 Å². The minimum absolute atomic E-state index is 0.160. The number of hydrogen-bond acceptors (Lipinski definition) is 5. The number of nitrogens with zero attached hydrogens (tertiary/aromatic N) is 2. The van der Waals surface area contributed by atoms with Crippen LogP contribution in [0.1, 0.15) is 41.9 Å². The van der Waals surface area contributed by atoms with Crippen molar-refractivity contribution in [2.45, 2.75) is 25.8 Å². The van der Waals surface area contributed by atoms with Crippen LogP contribution < -0.4 is 20.7 Å². The van der Waals surface area contributed by atoms with Crippen LogP contribution in [-0.4, -0.2) is 63.1 Å². The van der Waals surface area contributed by atoms with Gasteiger partial charge >= 0.3 is 0 Å². The minimum atomic E-state index is -0.223. The largest absolute Gasteiger partial charge is 0.496 e. The number of benzene rings is 1. The number of aliphatic imine (C=N–C) groups is 1. The van der Waals surface area contributed by atoms with Crippen LogP contribution in [0.4, 0.5) is 0 Å². The van der Waals surface area contributed by atoms with Gasteiger partial charge in [0.05, 0.1) is 26.0 Å². The maximum atomic E-state index is 12.0. The number of nitrogens with one attached hydrogen (secondary N) is 3. The first-order chi connectivity index (χ1) is 15.2. The molecule has 1 atom stereocenters. The second-order valence-corrected chi connectivity index (χ2v) is 7.38. The molecule has 1 saturated heterocycles. The highest BCUT2D eigenvalue weighted by Gasteiger charge is 2.25. The van der Waals surface area contributed by atoms with E-state index in [1.807, 2.05) is 19.1 Å². The third-order valence-corrected chi connectivity index (χ3v) is 5.29. The molecule has 1 aromatic carbocycles. The zero-order valence-corrected chi connectivity index (χ0v) is 18.4. The fourth-order valence-corrected chi connectivity index (χ4v) is 3.78. The molecule has 0 bridgehead atoms. The van der Waals surface area contributed by atoms with Crippen molar-refractivity contribution in [3.05, 3.63) is 54.0 Å². The summed E-state index contributed by atoms with van der Waals surface area (Å²) in [7, 11) is 1.71. The molecule has 0 spiro atoms. The molecule has 8 nitrogen and oxygen atoms in total. The Labute approximate surface area is 184 Å². The van der Waals surface area contributed by atoms with Gasteiger partial charge in [-0.1, -0.05) is 18.2 Å². The predicted octanol–water partition coefficient (Wildman–Crippen LogP) is 2.41. The topological polar surface area (TPSA) is 91.1 Å². The number of ether oxygens (including phenoxy) is 1. The van der Waals surface area contributed by atoms with E-state index in [1.165, 1.54) is 19.1 Å². The summed E-state index contributed by atoms with van der Waals surface area (Å²) in [5.41, 5.74) is 1.16. The molecule has 1 fully saturated rings. The Kier molecular flexibility index (Phi) is 8.78. The van der Waals surface area contributed by atoms with Crippen LogP contribution in [0, 0.1) is 0 Å². The molecule has 3 rings (SSSR count). The van der Waals surface area contributed by atoms with Crippen molar-refractivity contribution in [1.29, 1.82) is 0 Å². The molecule has 8 heteroatoms. The van der Waals surface area contributed by atoms with E-state index in [-0.39, 0.29) is 11.9 Å². The van der Waals surface area contributed by atoms with Gasteiger partial charge in [-0.25, -0.2) is 0 Å². The molecule has 2 aromatic rings. The first-order valence-corrected chi connectivity index (χ1v) is 10.9. The molecule has 0 radical (unpaired) electrons. The lowest BCUT2D eigenvalue weighted by molar-refractivity contribution is 0.0926. The molecule has 168 valence electrons. The van der Waals surface area contributed by atoms with Crippen LogP contribution in [0.25, 0.3) is 0 Å². The van der Waals surface area contributed by atoms with Gasteiger partial charge in [-0.2, -0.15) is 0 Å². The molecule has 1 aliphatic rings. The number of furan rings is 1. The number of para-hydroxylation sites is 1. The second-order valence-electron chi connectivity index (χ2n) is 7.38. The van der Waals surface area contributed by atoms with Gasteiger partial charge in [0.1, 0.15) is 5.75 Å². The number of amides is 1. The van der Waals surface area contributed by atoms with Crippen LogP contribution in [-0.2, 0) is 0 Å². The summed E-state index contributed by atoms with van der Waals surface area (Å²) in [5.74, 6) is 1.71.